The van der Waals surface area contributed by atoms with E-state index in [0.29, 0.717) is 30.0 Å². The van der Waals surface area contributed by atoms with Gasteiger partial charge < -0.3 is 20.4 Å². The molecule has 3 aromatic carbocycles. The molecule has 1 aliphatic rings. The first-order valence-corrected chi connectivity index (χ1v) is 10.1. The number of piperazine rings is 1. The molecule has 7 heteroatoms. The van der Waals surface area contributed by atoms with E-state index in [4.69, 9.17) is 0 Å². The SMILES string of the molecule is O=C(Nc1ccc(F)cc1)c1ccc(NC(=O)N2CCN(c3ccccc3)CC2)cc1. The van der Waals surface area contributed by atoms with Crippen molar-refractivity contribution in [3.8, 4) is 0 Å². The average molecular weight is 418 g/mol. The molecule has 0 aliphatic carbocycles. The maximum absolute atomic E-state index is 13.0. The van der Waals surface area contributed by atoms with E-state index in [1.54, 1.807) is 29.2 Å². The summed E-state index contributed by atoms with van der Waals surface area (Å²) in [5, 5.41) is 5.59. The van der Waals surface area contributed by atoms with Gasteiger partial charge in [-0.3, -0.25) is 4.79 Å². The van der Waals surface area contributed by atoms with Crippen LogP contribution in [0.25, 0.3) is 0 Å². The second kappa shape index (κ2) is 9.30. The number of benzene rings is 3. The molecule has 0 unspecified atom stereocenters. The number of rotatable bonds is 4. The predicted octanol–water partition coefficient (Wildman–Crippen LogP) is 4.43. The molecule has 1 fully saturated rings. The summed E-state index contributed by atoms with van der Waals surface area (Å²) in [5.74, 6) is -0.666. The number of urea groups is 1. The fourth-order valence-corrected chi connectivity index (χ4v) is 3.45. The number of hydrogen-bond acceptors (Lipinski definition) is 3. The summed E-state index contributed by atoms with van der Waals surface area (Å²) in [7, 11) is 0. The van der Waals surface area contributed by atoms with Crippen LogP contribution in [0.3, 0.4) is 0 Å². The molecule has 0 saturated carbocycles. The molecule has 0 radical (unpaired) electrons. The molecule has 1 aliphatic heterocycles. The first kappa shape index (κ1) is 20.4. The van der Waals surface area contributed by atoms with Crippen molar-refractivity contribution < 1.29 is 14.0 Å². The zero-order valence-corrected chi connectivity index (χ0v) is 16.9. The minimum atomic E-state index is -0.362. The lowest BCUT2D eigenvalue weighted by Crippen LogP contribution is -2.50. The summed E-state index contributed by atoms with van der Waals surface area (Å²) in [5.41, 5.74) is 2.74. The first-order valence-electron chi connectivity index (χ1n) is 10.1. The van der Waals surface area contributed by atoms with Crippen LogP contribution in [0.15, 0.2) is 78.9 Å². The van der Waals surface area contributed by atoms with Crippen LogP contribution in [-0.2, 0) is 0 Å². The minimum Gasteiger partial charge on any atom is -0.368 e. The molecule has 6 nitrogen and oxygen atoms in total. The quantitative estimate of drug-likeness (QED) is 0.659. The highest BCUT2D eigenvalue weighted by atomic mass is 19.1. The largest absolute Gasteiger partial charge is 0.368 e. The number of nitrogens with zero attached hydrogens (tertiary/aromatic N) is 2. The van der Waals surface area contributed by atoms with Crippen LogP contribution in [0.2, 0.25) is 0 Å². The molecule has 0 aromatic heterocycles. The molecule has 3 aromatic rings. The Bertz CT molecular complexity index is 1030. The monoisotopic (exact) mass is 418 g/mol. The van der Waals surface area contributed by atoms with E-state index < -0.39 is 0 Å². The first-order chi connectivity index (χ1) is 15.1. The highest BCUT2D eigenvalue weighted by Gasteiger charge is 2.21. The van der Waals surface area contributed by atoms with Gasteiger partial charge in [0.25, 0.3) is 5.91 Å². The van der Waals surface area contributed by atoms with Gasteiger partial charge in [-0.1, -0.05) is 18.2 Å². The number of carbonyl (C=O) groups is 2. The van der Waals surface area contributed by atoms with E-state index in [1.807, 2.05) is 18.2 Å². The predicted molar refractivity (Wildman–Crippen MR) is 120 cm³/mol. The van der Waals surface area contributed by atoms with Crippen molar-refractivity contribution in [3.63, 3.8) is 0 Å². The Labute approximate surface area is 180 Å². The van der Waals surface area contributed by atoms with Crippen molar-refractivity contribution >= 4 is 29.0 Å². The molecule has 31 heavy (non-hydrogen) atoms. The van der Waals surface area contributed by atoms with Gasteiger partial charge in [-0.2, -0.15) is 0 Å². The molecule has 158 valence electrons. The van der Waals surface area contributed by atoms with Gasteiger partial charge >= 0.3 is 6.03 Å². The van der Waals surface area contributed by atoms with Crippen LogP contribution in [-0.4, -0.2) is 43.0 Å². The molecular weight excluding hydrogens is 395 g/mol. The summed E-state index contributed by atoms with van der Waals surface area (Å²) in [4.78, 5) is 29.0. The van der Waals surface area contributed by atoms with E-state index >= 15 is 0 Å². The van der Waals surface area contributed by atoms with Gasteiger partial charge in [0, 0.05) is 48.8 Å². The van der Waals surface area contributed by atoms with Crippen molar-refractivity contribution in [2.24, 2.45) is 0 Å². The molecule has 1 saturated heterocycles. The van der Waals surface area contributed by atoms with Gasteiger partial charge in [0.05, 0.1) is 0 Å². The molecular formula is C24H23FN4O2. The third-order valence-electron chi connectivity index (χ3n) is 5.19. The number of nitrogens with one attached hydrogen (secondary N) is 2. The summed E-state index contributed by atoms with van der Waals surface area (Å²) in [6.45, 7) is 2.83. The lowest BCUT2D eigenvalue weighted by molar-refractivity contribution is 0.102. The van der Waals surface area contributed by atoms with E-state index in [0.717, 1.165) is 18.8 Å². The van der Waals surface area contributed by atoms with Gasteiger partial charge in [-0.15, -0.1) is 0 Å². The fourth-order valence-electron chi connectivity index (χ4n) is 3.45. The van der Waals surface area contributed by atoms with E-state index in [1.165, 1.54) is 24.3 Å². The van der Waals surface area contributed by atoms with Gasteiger partial charge in [0.1, 0.15) is 5.82 Å². The molecule has 3 amide bonds. The zero-order chi connectivity index (χ0) is 21.6. The Morgan fingerprint density at radius 3 is 1.94 bits per heavy atom. The molecule has 4 rings (SSSR count). The number of carbonyl (C=O) groups excluding carboxylic acids is 2. The Morgan fingerprint density at radius 1 is 0.710 bits per heavy atom. The third-order valence-corrected chi connectivity index (χ3v) is 5.19. The van der Waals surface area contributed by atoms with Crippen molar-refractivity contribution in [2.45, 2.75) is 0 Å². The minimum absolute atomic E-state index is 0.156. The van der Waals surface area contributed by atoms with Gasteiger partial charge in [-0.25, -0.2) is 9.18 Å². The van der Waals surface area contributed by atoms with Crippen molar-refractivity contribution in [2.75, 3.05) is 41.7 Å². The van der Waals surface area contributed by atoms with Crippen molar-refractivity contribution in [1.29, 1.82) is 0 Å². The van der Waals surface area contributed by atoms with Crippen LogP contribution in [0.5, 0.6) is 0 Å². The van der Waals surface area contributed by atoms with E-state index in [-0.39, 0.29) is 17.8 Å². The van der Waals surface area contributed by atoms with Gasteiger partial charge in [0.15, 0.2) is 0 Å². The Hall–Kier alpha value is -3.87. The normalized spacial score (nSPS) is 13.6. The van der Waals surface area contributed by atoms with E-state index in [2.05, 4.69) is 27.7 Å². The second-order valence-corrected chi connectivity index (χ2v) is 7.28. The molecule has 0 atom stereocenters. The summed E-state index contributed by atoms with van der Waals surface area (Å²) in [6, 6.07) is 22.2. The second-order valence-electron chi connectivity index (χ2n) is 7.28. The molecule has 0 bridgehead atoms. The summed E-state index contributed by atoms with van der Waals surface area (Å²) < 4.78 is 13.0. The highest BCUT2D eigenvalue weighted by molar-refractivity contribution is 6.04. The summed E-state index contributed by atoms with van der Waals surface area (Å²) in [6.07, 6.45) is 0. The zero-order valence-electron chi connectivity index (χ0n) is 16.9. The van der Waals surface area contributed by atoms with Crippen LogP contribution < -0.4 is 15.5 Å². The van der Waals surface area contributed by atoms with Crippen molar-refractivity contribution in [3.05, 3.63) is 90.2 Å². The Morgan fingerprint density at radius 2 is 1.29 bits per heavy atom. The molecule has 2 N–H and O–H groups in total. The van der Waals surface area contributed by atoms with Crippen molar-refractivity contribution in [1.82, 2.24) is 4.90 Å². The van der Waals surface area contributed by atoms with Crippen LogP contribution in [0.1, 0.15) is 10.4 Å². The third kappa shape index (κ3) is 5.19. The smallest absolute Gasteiger partial charge is 0.321 e. The number of para-hydroxylation sites is 1. The number of hydrogen-bond donors (Lipinski definition) is 2. The Balaban J connectivity index is 1.29. The lowest BCUT2D eigenvalue weighted by Gasteiger charge is -2.36. The lowest BCUT2D eigenvalue weighted by atomic mass is 10.2. The number of anilines is 3. The maximum Gasteiger partial charge on any atom is 0.321 e. The maximum atomic E-state index is 13.0. The Kier molecular flexibility index (Phi) is 6.12. The van der Waals surface area contributed by atoms with Gasteiger partial charge in [0.2, 0.25) is 0 Å². The van der Waals surface area contributed by atoms with Gasteiger partial charge in [-0.05, 0) is 60.7 Å². The standard InChI is InChI=1S/C24H23FN4O2/c25-19-8-12-20(13-9-19)26-23(30)18-6-10-21(11-7-18)27-24(31)29-16-14-28(15-17-29)22-4-2-1-3-5-22/h1-13H,14-17H2,(H,26,30)(H,27,31). The molecule has 1 heterocycles. The van der Waals surface area contributed by atoms with Crippen LogP contribution >= 0.6 is 0 Å². The fraction of sp³-hybridized carbons (Fsp3) is 0.167. The summed E-state index contributed by atoms with van der Waals surface area (Å²) >= 11 is 0. The average Bonchev–Trinajstić information content (AvgIpc) is 2.81. The van der Waals surface area contributed by atoms with Crippen LogP contribution in [0, 0.1) is 5.82 Å². The number of halogens is 1. The highest BCUT2D eigenvalue weighted by Crippen LogP contribution is 2.17. The van der Waals surface area contributed by atoms with E-state index in [9.17, 15) is 14.0 Å². The number of amides is 3. The van der Waals surface area contributed by atoms with Crippen LogP contribution in [0.4, 0.5) is 26.2 Å². The topological polar surface area (TPSA) is 64.7 Å². The molecule has 0 spiro atoms.